The van der Waals surface area contributed by atoms with Crippen molar-refractivity contribution in [2.24, 2.45) is 0 Å². The number of nitrogens with one attached hydrogen (secondary N) is 1. The molecule has 76 valence electrons. The second kappa shape index (κ2) is 5.37. The third-order valence-corrected chi connectivity index (χ3v) is 2.62. The van der Waals surface area contributed by atoms with Gasteiger partial charge >= 0.3 is 0 Å². The highest BCUT2D eigenvalue weighted by Gasteiger charge is 2.05. The summed E-state index contributed by atoms with van der Waals surface area (Å²) in [6.07, 6.45) is 0. The monoisotopic (exact) mass is 275 g/mol. The van der Waals surface area contributed by atoms with Crippen LogP contribution in [0.15, 0.2) is 18.2 Å². The Balaban J connectivity index is 2.76. The normalized spacial score (nSPS) is 9.93. The Morgan fingerprint density at radius 1 is 1.57 bits per heavy atom. The second-order valence-corrected chi connectivity index (χ2v) is 4.11. The highest BCUT2D eigenvalue weighted by molar-refractivity contribution is 9.09. The Morgan fingerprint density at radius 3 is 2.86 bits per heavy atom. The van der Waals surface area contributed by atoms with E-state index >= 15 is 0 Å². The molecule has 1 N–H and O–H groups in total. The molecule has 1 aromatic rings. The standard InChI is InChI=1S/C10H11BrClNO/c1-7-2-3-8(6-9(7)12)10(14)13-5-4-11/h2-3,6H,4-5H2,1H3,(H,13,14). The second-order valence-electron chi connectivity index (χ2n) is 2.91. The minimum Gasteiger partial charge on any atom is -0.351 e. The lowest BCUT2D eigenvalue weighted by Gasteiger charge is -2.04. The maximum absolute atomic E-state index is 11.5. The number of halogens is 2. The number of rotatable bonds is 3. The summed E-state index contributed by atoms with van der Waals surface area (Å²) < 4.78 is 0. The lowest BCUT2D eigenvalue weighted by atomic mass is 10.1. The van der Waals surface area contributed by atoms with Crippen molar-refractivity contribution < 1.29 is 4.79 Å². The summed E-state index contributed by atoms with van der Waals surface area (Å²) in [5.74, 6) is -0.0913. The number of hydrogen-bond acceptors (Lipinski definition) is 1. The van der Waals surface area contributed by atoms with Gasteiger partial charge in [-0.3, -0.25) is 4.79 Å². The first-order valence-electron chi connectivity index (χ1n) is 4.25. The van der Waals surface area contributed by atoms with Crippen LogP contribution < -0.4 is 5.32 Å². The van der Waals surface area contributed by atoms with E-state index in [0.29, 0.717) is 17.1 Å². The highest BCUT2D eigenvalue weighted by Crippen LogP contribution is 2.16. The number of alkyl halides is 1. The van der Waals surface area contributed by atoms with Gasteiger partial charge in [0.15, 0.2) is 0 Å². The van der Waals surface area contributed by atoms with Crippen molar-refractivity contribution >= 4 is 33.4 Å². The predicted octanol–water partition coefficient (Wildman–Crippen LogP) is 2.77. The van der Waals surface area contributed by atoms with Gasteiger partial charge in [-0.25, -0.2) is 0 Å². The minimum absolute atomic E-state index is 0.0913. The topological polar surface area (TPSA) is 29.1 Å². The molecular formula is C10H11BrClNO. The van der Waals surface area contributed by atoms with E-state index in [1.165, 1.54) is 0 Å². The van der Waals surface area contributed by atoms with E-state index in [9.17, 15) is 4.79 Å². The molecule has 0 aromatic heterocycles. The van der Waals surface area contributed by atoms with Crippen molar-refractivity contribution in [3.8, 4) is 0 Å². The molecule has 0 spiro atoms. The summed E-state index contributed by atoms with van der Waals surface area (Å²) in [6.45, 7) is 2.52. The first kappa shape index (κ1) is 11.5. The molecular weight excluding hydrogens is 265 g/mol. The van der Waals surface area contributed by atoms with Gasteiger partial charge in [-0.05, 0) is 24.6 Å². The summed E-state index contributed by atoms with van der Waals surface area (Å²) >= 11 is 9.14. The predicted molar refractivity (Wildman–Crippen MR) is 62.3 cm³/mol. The van der Waals surface area contributed by atoms with Gasteiger partial charge in [-0.15, -0.1) is 0 Å². The van der Waals surface area contributed by atoms with E-state index in [-0.39, 0.29) is 5.91 Å². The summed E-state index contributed by atoms with van der Waals surface area (Å²) in [5.41, 5.74) is 1.57. The Morgan fingerprint density at radius 2 is 2.29 bits per heavy atom. The molecule has 4 heteroatoms. The third kappa shape index (κ3) is 3.00. The zero-order valence-electron chi connectivity index (χ0n) is 7.81. The van der Waals surface area contributed by atoms with Crippen LogP contribution in [0, 0.1) is 6.92 Å². The Hall–Kier alpha value is -0.540. The summed E-state index contributed by atoms with van der Waals surface area (Å²) in [5, 5.41) is 4.12. The van der Waals surface area contributed by atoms with Gasteiger partial charge in [0.1, 0.15) is 0 Å². The highest BCUT2D eigenvalue weighted by atomic mass is 79.9. The van der Waals surface area contributed by atoms with Gasteiger partial charge in [0.05, 0.1) is 0 Å². The zero-order valence-corrected chi connectivity index (χ0v) is 10.2. The minimum atomic E-state index is -0.0913. The Bertz CT molecular complexity index is 341. The van der Waals surface area contributed by atoms with Crippen LogP contribution in [0.25, 0.3) is 0 Å². The van der Waals surface area contributed by atoms with Crippen LogP contribution in [0.4, 0.5) is 0 Å². The molecule has 0 unspecified atom stereocenters. The van der Waals surface area contributed by atoms with E-state index in [1.54, 1.807) is 12.1 Å². The van der Waals surface area contributed by atoms with Gasteiger partial charge in [-0.2, -0.15) is 0 Å². The van der Waals surface area contributed by atoms with Crippen molar-refractivity contribution in [3.63, 3.8) is 0 Å². The summed E-state index contributed by atoms with van der Waals surface area (Å²) in [6, 6.07) is 5.29. The molecule has 0 radical (unpaired) electrons. The number of carbonyl (C=O) groups is 1. The number of hydrogen-bond donors (Lipinski definition) is 1. The fraction of sp³-hybridized carbons (Fsp3) is 0.300. The van der Waals surface area contributed by atoms with Crippen LogP contribution in [0.2, 0.25) is 5.02 Å². The maximum atomic E-state index is 11.5. The summed E-state index contributed by atoms with van der Waals surface area (Å²) in [4.78, 5) is 11.5. The van der Waals surface area contributed by atoms with E-state index in [4.69, 9.17) is 11.6 Å². The van der Waals surface area contributed by atoms with E-state index in [1.807, 2.05) is 13.0 Å². The van der Waals surface area contributed by atoms with E-state index < -0.39 is 0 Å². The van der Waals surface area contributed by atoms with Crippen LogP contribution in [-0.4, -0.2) is 17.8 Å². The molecule has 1 rings (SSSR count). The molecule has 2 nitrogen and oxygen atoms in total. The fourth-order valence-electron chi connectivity index (χ4n) is 0.997. The molecule has 0 heterocycles. The van der Waals surface area contributed by atoms with Crippen LogP contribution in [0.3, 0.4) is 0 Å². The fourth-order valence-corrected chi connectivity index (χ4v) is 1.38. The van der Waals surface area contributed by atoms with Gasteiger partial charge < -0.3 is 5.32 Å². The van der Waals surface area contributed by atoms with Crippen molar-refractivity contribution in [3.05, 3.63) is 34.3 Å². The van der Waals surface area contributed by atoms with Crippen LogP contribution in [0.5, 0.6) is 0 Å². The van der Waals surface area contributed by atoms with Crippen LogP contribution in [0.1, 0.15) is 15.9 Å². The van der Waals surface area contributed by atoms with Gasteiger partial charge in [-0.1, -0.05) is 33.6 Å². The number of aryl methyl sites for hydroxylation is 1. The summed E-state index contributed by atoms with van der Waals surface area (Å²) in [7, 11) is 0. The number of carbonyl (C=O) groups excluding carboxylic acids is 1. The lowest BCUT2D eigenvalue weighted by Crippen LogP contribution is -2.25. The number of benzene rings is 1. The quantitative estimate of drug-likeness (QED) is 0.845. The first-order valence-corrected chi connectivity index (χ1v) is 5.75. The Kier molecular flexibility index (Phi) is 4.42. The zero-order chi connectivity index (χ0) is 10.6. The molecule has 0 aliphatic carbocycles. The van der Waals surface area contributed by atoms with E-state index in [0.717, 1.165) is 10.9 Å². The van der Waals surface area contributed by atoms with E-state index in [2.05, 4.69) is 21.2 Å². The first-order chi connectivity index (χ1) is 6.65. The number of amides is 1. The van der Waals surface area contributed by atoms with Gasteiger partial charge in [0.2, 0.25) is 0 Å². The van der Waals surface area contributed by atoms with Crippen molar-refractivity contribution in [1.29, 1.82) is 0 Å². The van der Waals surface area contributed by atoms with Gasteiger partial charge in [0.25, 0.3) is 5.91 Å². The lowest BCUT2D eigenvalue weighted by molar-refractivity contribution is 0.0956. The molecule has 0 bridgehead atoms. The molecule has 0 fully saturated rings. The molecule has 1 amide bonds. The molecule has 14 heavy (non-hydrogen) atoms. The molecule has 0 saturated carbocycles. The average Bonchev–Trinajstić information content (AvgIpc) is 2.18. The van der Waals surface area contributed by atoms with Crippen molar-refractivity contribution in [2.45, 2.75) is 6.92 Å². The molecule has 0 atom stereocenters. The Labute approximate surface area is 96.8 Å². The van der Waals surface area contributed by atoms with Gasteiger partial charge in [0, 0.05) is 22.5 Å². The maximum Gasteiger partial charge on any atom is 0.251 e. The molecule has 0 aliphatic rings. The SMILES string of the molecule is Cc1ccc(C(=O)NCCBr)cc1Cl. The molecule has 0 saturated heterocycles. The molecule has 0 aliphatic heterocycles. The largest absolute Gasteiger partial charge is 0.351 e. The van der Waals surface area contributed by atoms with Crippen LogP contribution >= 0.6 is 27.5 Å². The van der Waals surface area contributed by atoms with Crippen molar-refractivity contribution in [1.82, 2.24) is 5.32 Å². The average molecular weight is 277 g/mol. The third-order valence-electron chi connectivity index (χ3n) is 1.81. The molecule has 1 aromatic carbocycles. The smallest absolute Gasteiger partial charge is 0.251 e. The van der Waals surface area contributed by atoms with Crippen LogP contribution in [-0.2, 0) is 0 Å². The van der Waals surface area contributed by atoms with Crippen molar-refractivity contribution in [2.75, 3.05) is 11.9 Å².